The molecule has 0 aliphatic carbocycles. The van der Waals surface area contributed by atoms with E-state index in [-0.39, 0.29) is 5.91 Å². The van der Waals surface area contributed by atoms with Crippen LogP contribution in [0, 0.1) is 6.92 Å². The molecule has 0 radical (unpaired) electrons. The topological polar surface area (TPSA) is 72.4 Å². The molecule has 0 fully saturated rings. The lowest BCUT2D eigenvalue weighted by atomic mass is 10.1. The first kappa shape index (κ1) is 17.7. The Morgan fingerprint density at radius 1 is 0.964 bits per heavy atom. The molecule has 0 saturated heterocycles. The van der Waals surface area contributed by atoms with Gasteiger partial charge in [0.2, 0.25) is 11.8 Å². The molecule has 0 bridgehead atoms. The summed E-state index contributed by atoms with van der Waals surface area (Å²) in [7, 11) is 1.74. The van der Waals surface area contributed by atoms with Crippen LogP contribution in [0.1, 0.15) is 21.7 Å². The van der Waals surface area contributed by atoms with Crippen LogP contribution in [0.25, 0.3) is 22.9 Å². The molecule has 0 atom stereocenters. The van der Waals surface area contributed by atoms with Gasteiger partial charge in [0.15, 0.2) is 0 Å². The summed E-state index contributed by atoms with van der Waals surface area (Å²) in [6.45, 7) is 2.41. The van der Waals surface area contributed by atoms with Gasteiger partial charge in [0.1, 0.15) is 5.76 Å². The smallest absolute Gasteiger partial charge is 0.254 e. The fourth-order valence-corrected chi connectivity index (χ4v) is 2.95. The van der Waals surface area contributed by atoms with Crippen molar-refractivity contribution in [3.05, 3.63) is 83.8 Å². The molecule has 0 aliphatic rings. The monoisotopic (exact) mass is 373 g/mol. The molecule has 1 amide bonds. The molecule has 0 unspecified atom stereocenters. The lowest BCUT2D eigenvalue weighted by Crippen LogP contribution is -2.25. The van der Waals surface area contributed by atoms with Gasteiger partial charge in [0.25, 0.3) is 5.91 Å². The average Bonchev–Trinajstić information content (AvgIpc) is 3.40. The molecule has 2 heterocycles. The first-order valence-corrected chi connectivity index (χ1v) is 8.89. The minimum Gasteiger partial charge on any atom is -0.467 e. The average molecular weight is 373 g/mol. The standard InChI is InChI=1S/C22H19N3O3/c1-15-6-3-4-8-19(15)21-24-23-20(28-21)16-9-11-17(12-10-16)22(26)25(2)14-18-7-5-13-27-18/h3-13H,14H2,1-2H3. The molecule has 28 heavy (non-hydrogen) atoms. The summed E-state index contributed by atoms with van der Waals surface area (Å²) in [5.74, 6) is 1.55. The number of nitrogens with zero attached hydrogens (tertiary/aromatic N) is 3. The fourth-order valence-electron chi connectivity index (χ4n) is 2.95. The molecule has 4 rings (SSSR count). The van der Waals surface area contributed by atoms with Crippen molar-refractivity contribution in [3.63, 3.8) is 0 Å². The van der Waals surface area contributed by atoms with Crippen molar-refractivity contribution >= 4 is 5.91 Å². The molecule has 6 nitrogen and oxygen atoms in total. The quantitative estimate of drug-likeness (QED) is 0.512. The Kier molecular flexibility index (Phi) is 4.76. The van der Waals surface area contributed by atoms with Gasteiger partial charge in [-0.05, 0) is 55.0 Å². The van der Waals surface area contributed by atoms with Gasteiger partial charge in [0, 0.05) is 23.7 Å². The van der Waals surface area contributed by atoms with Gasteiger partial charge >= 0.3 is 0 Å². The van der Waals surface area contributed by atoms with Crippen LogP contribution in [0.15, 0.2) is 75.8 Å². The first-order valence-electron chi connectivity index (χ1n) is 8.89. The highest BCUT2D eigenvalue weighted by atomic mass is 16.4. The number of furan rings is 1. The van der Waals surface area contributed by atoms with E-state index in [1.807, 2.05) is 49.4 Å². The third-order valence-electron chi connectivity index (χ3n) is 4.50. The van der Waals surface area contributed by atoms with Crippen LogP contribution in [0.3, 0.4) is 0 Å². The number of amides is 1. The van der Waals surface area contributed by atoms with Crippen molar-refractivity contribution in [3.8, 4) is 22.9 Å². The van der Waals surface area contributed by atoms with E-state index in [1.54, 1.807) is 36.4 Å². The third kappa shape index (κ3) is 3.57. The number of aryl methyl sites for hydroxylation is 1. The summed E-state index contributed by atoms with van der Waals surface area (Å²) < 4.78 is 11.1. The van der Waals surface area contributed by atoms with Crippen molar-refractivity contribution in [2.75, 3.05) is 7.05 Å². The summed E-state index contributed by atoms with van der Waals surface area (Å²) in [6, 6.07) is 18.6. The lowest BCUT2D eigenvalue weighted by Gasteiger charge is -2.15. The van der Waals surface area contributed by atoms with E-state index in [0.29, 0.717) is 23.9 Å². The minimum atomic E-state index is -0.0888. The van der Waals surface area contributed by atoms with Crippen molar-refractivity contribution in [2.24, 2.45) is 0 Å². The predicted octanol–water partition coefficient (Wildman–Crippen LogP) is 4.58. The zero-order valence-corrected chi connectivity index (χ0v) is 15.6. The fraction of sp³-hybridized carbons (Fsp3) is 0.136. The van der Waals surface area contributed by atoms with Crippen molar-refractivity contribution in [1.29, 1.82) is 0 Å². The number of hydrogen-bond donors (Lipinski definition) is 0. The summed E-state index contributed by atoms with van der Waals surface area (Å²) >= 11 is 0. The van der Waals surface area contributed by atoms with Crippen LogP contribution in [0.5, 0.6) is 0 Å². The molecule has 2 aromatic heterocycles. The lowest BCUT2D eigenvalue weighted by molar-refractivity contribution is 0.0775. The second-order valence-electron chi connectivity index (χ2n) is 6.55. The van der Waals surface area contributed by atoms with Crippen molar-refractivity contribution in [2.45, 2.75) is 13.5 Å². The number of carbonyl (C=O) groups is 1. The Labute approximate surface area is 162 Å². The van der Waals surface area contributed by atoms with E-state index in [4.69, 9.17) is 8.83 Å². The normalized spacial score (nSPS) is 10.8. The van der Waals surface area contributed by atoms with E-state index in [2.05, 4.69) is 10.2 Å². The van der Waals surface area contributed by atoms with E-state index in [9.17, 15) is 4.79 Å². The SMILES string of the molecule is Cc1ccccc1-c1nnc(-c2ccc(C(=O)N(C)Cc3ccco3)cc2)o1. The summed E-state index contributed by atoms with van der Waals surface area (Å²) in [6.07, 6.45) is 1.60. The molecule has 0 spiro atoms. The van der Waals surface area contributed by atoms with Gasteiger partial charge in [-0.1, -0.05) is 18.2 Å². The molecule has 0 N–H and O–H groups in total. The number of aromatic nitrogens is 2. The largest absolute Gasteiger partial charge is 0.467 e. The summed E-state index contributed by atoms with van der Waals surface area (Å²) in [5.41, 5.74) is 3.32. The minimum absolute atomic E-state index is 0.0888. The number of carbonyl (C=O) groups excluding carboxylic acids is 1. The zero-order chi connectivity index (χ0) is 19.5. The maximum Gasteiger partial charge on any atom is 0.254 e. The highest BCUT2D eigenvalue weighted by Gasteiger charge is 2.15. The molecule has 2 aromatic carbocycles. The van der Waals surface area contributed by atoms with Crippen molar-refractivity contribution < 1.29 is 13.6 Å². The second kappa shape index (κ2) is 7.52. The van der Waals surface area contributed by atoms with Crippen LogP contribution in [0.4, 0.5) is 0 Å². The van der Waals surface area contributed by atoms with E-state index >= 15 is 0 Å². The Hall–Kier alpha value is -3.67. The maximum absolute atomic E-state index is 12.6. The highest BCUT2D eigenvalue weighted by molar-refractivity contribution is 5.94. The Morgan fingerprint density at radius 2 is 1.71 bits per heavy atom. The predicted molar refractivity (Wildman–Crippen MR) is 104 cm³/mol. The summed E-state index contributed by atoms with van der Waals surface area (Å²) in [4.78, 5) is 14.2. The van der Waals surface area contributed by atoms with Crippen LogP contribution >= 0.6 is 0 Å². The van der Waals surface area contributed by atoms with E-state index in [0.717, 1.165) is 22.5 Å². The summed E-state index contributed by atoms with van der Waals surface area (Å²) in [5, 5.41) is 8.29. The van der Waals surface area contributed by atoms with Crippen LogP contribution in [-0.2, 0) is 6.54 Å². The van der Waals surface area contributed by atoms with Gasteiger partial charge in [-0.15, -0.1) is 10.2 Å². The zero-order valence-electron chi connectivity index (χ0n) is 15.6. The molecular formula is C22H19N3O3. The Balaban J connectivity index is 1.51. The Morgan fingerprint density at radius 3 is 2.43 bits per heavy atom. The molecule has 6 heteroatoms. The first-order chi connectivity index (χ1) is 13.6. The van der Waals surface area contributed by atoms with Crippen LogP contribution in [-0.4, -0.2) is 28.1 Å². The van der Waals surface area contributed by atoms with Gasteiger partial charge in [-0.25, -0.2) is 0 Å². The van der Waals surface area contributed by atoms with Gasteiger partial charge in [-0.3, -0.25) is 4.79 Å². The van der Waals surface area contributed by atoms with Gasteiger partial charge in [-0.2, -0.15) is 0 Å². The molecular weight excluding hydrogens is 354 g/mol. The molecule has 0 aliphatic heterocycles. The maximum atomic E-state index is 12.6. The number of benzene rings is 2. The highest BCUT2D eigenvalue weighted by Crippen LogP contribution is 2.26. The van der Waals surface area contributed by atoms with E-state index < -0.39 is 0 Å². The Bertz CT molecular complexity index is 1080. The van der Waals surface area contributed by atoms with Crippen molar-refractivity contribution in [1.82, 2.24) is 15.1 Å². The van der Waals surface area contributed by atoms with Gasteiger partial charge in [0.05, 0.1) is 12.8 Å². The third-order valence-corrected chi connectivity index (χ3v) is 4.50. The second-order valence-corrected chi connectivity index (χ2v) is 6.55. The van der Waals surface area contributed by atoms with Gasteiger partial charge < -0.3 is 13.7 Å². The molecule has 4 aromatic rings. The molecule has 0 saturated carbocycles. The van der Waals surface area contributed by atoms with Crippen LogP contribution < -0.4 is 0 Å². The number of hydrogen-bond acceptors (Lipinski definition) is 5. The van der Waals surface area contributed by atoms with Crippen LogP contribution in [0.2, 0.25) is 0 Å². The number of rotatable bonds is 5. The van der Waals surface area contributed by atoms with E-state index in [1.165, 1.54) is 0 Å². The molecule has 140 valence electrons.